The predicted molar refractivity (Wildman–Crippen MR) is 126 cm³/mol. The molecule has 9 nitrogen and oxygen atoms in total. The van der Waals surface area contributed by atoms with Crippen LogP contribution in [0.3, 0.4) is 0 Å². The standard InChI is InChI=1S/C24H31N7O2/c1-18-3-2-4-20(17-18)23-27-26-21-5-6-22(28-31(21)23)30-10-7-19(8-11-30)24(32)25-9-12-29-13-15-33-16-14-29/h2-6,17,19H,7-16H2,1H3,(H,25,32). The number of benzene rings is 1. The molecule has 2 aromatic heterocycles. The van der Waals surface area contributed by atoms with E-state index in [4.69, 9.17) is 9.84 Å². The molecule has 1 aromatic carbocycles. The van der Waals surface area contributed by atoms with Gasteiger partial charge < -0.3 is 15.0 Å². The second-order valence-electron chi connectivity index (χ2n) is 8.86. The highest BCUT2D eigenvalue weighted by molar-refractivity contribution is 5.79. The number of anilines is 1. The van der Waals surface area contributed by atoms with Crippen LogP contribution < -0.4 is 10.2 Å². The van der Waals surface area contributed by atoms with Crippen LogP contribution in [0.1, 0.15) is 18.4 Å². The Labute approximate surface area is 193 Å². The molecule has 1 amide bonds. The number of hydrogen-bond acceptors (Lipinski definition) is 7. The monoisotopic (exact) mass is 449 g/mol. The molecule has 2 saturated heterocycles. The lowest BCUT2D eigenvalue weighted by molar-refractivity contribution is -0.125. The normalized spacial score (nSPS) is 18.0. The van der Waals surface area contributed by atoms with Gasteiger partial charge >= 0.3 is 0 Å². The van der Waals surface area contributed by atoms with E-state index in [1.54, 1.807) is 0 Å². The number of rotatable bonds is 6. The van der Waals surface area contributed by atoms with Gasteiger partial charge in [0.15, 0.2) is 11.5 Å². The molecule has 174 valence electrons. The van der Waals surface area contributed by atoms with Crippen LogP contribution in [0.15, 0.2) is 36.4 Å². The van der Waals surface area contributed by atoms with Gasteiger partial charge in [0.25, 0.3) is 0 Å². The van der Waals surface area contributed by atoms with Gasteiger partial charge in [0.1, 0.15) is 5.82 Å². The number of fused-ring (bicyclic) bond motifs is 1. The largest absolute Gasteiger partial charge is 0.379 e. The molecule has 2 aliphatic heterocycles. The first-order chi connectivity index (χ1) is 16.2. The Balaban J connectivity index is 1.19. The Morgan fingerprint density at radius 1 is 1.09 bits per heavy atom. The van der Waals surface area contributed by atoms with Crippen LogP contribution in [0.5, 0.6) is 0 Å². The summed E-state index contributed by atoms with van der Waals surface area (Å²) in [6.07, 6.45) is 1.66. The SMILES string of the molecule is Cc1cccc(-c2nnc3ccc(N4CCC(C(=O)NCCN5CCOCC5)CC4)nn23)c1. The van der Waals surface area contributed by atoms with Gasteiger partial charge in [0.05, 0.1) is 13.2 Å². The summed E-state index contributed by atoms with van der Waals surface area (Å²) in [5.74, 6) is 1.87. The van der Waals surface area contributed by atoms with Gasteiger partial charge in [-0.25, -0.2) is 0 Å². The third-order valence-corrected chi connectivity index (χ3v) is 6.55. The molecular formula is C24H31N7O2. The van der Waals surface area contributed by atoms with E-state index in [9.17, 15) is 4.79 Å². The number of carbonyl (C=O) groups excluding carboxylic acids is 1. The molecular weight excluding hydrogens is 418 g/mol. The second kappa shape index (κ2) is 9.84. The van der Waals surface area contributed by atoms with E-state index >= 15 is 0 Å². The topological polar surface area (TPSA) is 87.9 Å². The third-order valence-electron chi connectivity index (χ3n) is 6.55. The molecule has 0 atom stereocenters. The molecule has 33 heavy (non-hydrogen) atoms. The molecule has 0 unspecified atom stereocenters. The van der Waals surface area contributed by atoms with E-state index in [0.29, 0.717) is 6.54 Å². The molecule has 2 fully saturated rings. The molecule has 0 radical (unpaired) electrons. The molecule has 1 N–H and O–H groups in total. The zero-order valence-corrected chi connectivity index (χ0v) is 19.1. The van der Waals surface area contributed by atoms with Gasteiger partial charge in [-0.1, -0.05) is 23.8 Å². The highest BCUT2D eigenvalue weighted by Crippen LogP contribution is 2.24. The van der Waals surface area contributed by atoms with Crippen molar-refractivity contribution in [2.75, 3.05) is 57.4 Å². The number of aryl methyl sites for hydroxylation is 1. The third kappa shape index (κ3) is 4.99. The van der Waals surface area contributed by atoms with Crippen LogP contribution in [0, 0.1) is 12.8 Å². The Kier molecular flexibility index (Phi) is 6.50. The van der Waals surface area contributed by atoms with Crippen molar-refractivity contribution < 1.29 is 9.53 Å². The summed E-state index contributed by atoms with van der Waals surface area (Å²) in [7, 11) is 0. The number of morpholine rings is 1. The average Bonchev–Trinajstić information content (AvgIpc) is 3.28. The van der Waals surface area contributed by atoms with Crippen LogP contribution >= 0.6 is 0 Å². The van der Waals surface area contributed by atoms with Gasteiger partial charge in [0, 0.05) is 50.7 Å². The summed E-state index contributed by atoms with van der Waals surface area (Å²) >= 11 is 0. The van der Waals surface area contributed by atoms with Gasteiger partial charge in [-0.15, -0.1) is 15.3 Å². The maximum Gasteiger partial charge on any atom is 0.223 e. The van der Waals surface area contributed by atoms with Crippen molar-refractivity contribution >= 4 is 17.4 Å². The molecule has 2 aliphatic rings. The lowest BCUT2D eigenvalue weighted by Crippen LogP contribution is -2.44. The smallest absolute Gasteiger partial charge is 0.223 e. The van der Waals surface area contributed by atoms with Crippen molar-refractivity contribution in [1.82, 2.24) is 30.0 Å². The van der Waals surface area contributed by atoms with E-state index in [-0.39, 0.29) is 11.8 Å². The molecule has 4 heterocycles. The van der Waals surface area contributed by atoms with Crippen molar-refractivity contribution in [2.45, 2.75) is 19.8 Å². The number of ether oxygens (including phenoxy) is 1. The molecule has 9 heteroatoms. The van der Waals surface area contributed by atoms with E-state index in [2.05, 4.69) is 44.4 Å². The fraction of sp³-hybridized carbons (Fsp3) is 0.500. The van der Waals surface area contributed by atoms with E-state index in [0.717, 1.165) is 81.6 Å². The number of amides is 1. The summed E-state index contributed by atoms with van der Waals surface area (Å²) in [4.78, 5) is 17.2. The lowest BCUT2D eigenvalue weighted by Gasteiger charge is -2.32. The van der Waals surface area contributed by atoms with Gasteiger partial charge in [0.2, 0.25) is 5.91 Å². The Hall–Kier alpha value is -3.04. The van der Waals surface area contributed by atoms with Crippen molar-refractivity contribution in [3.05, 3.63) is 42.0 Å². The van der Waals surface area contributed by atoms with Crippen LogP contribution in [0.25, 0.3) is 17.0 Å². The minimum absolute atomic E-state index is 0.0624. The van der Waals surface area contributed by atoms with Crippen molar-refractivity contribution in [2.24, 2.45) is 5.92 Å². The summed E-state index contributed by atoms with van der Waals surface area (Å²) in [5.41, 5.74) is 2.90. The number of hydrogen-bond donors (Lipinski definition) is 1. The molecule has 3 aromatic rings. The summed E-state index contributed by atoms with van der Waals surface area (Å²) in [6, 6.07) is 12.2. The highest BCUT2D eigenvalue weighted by Gasteiger charge is 2.26. The minimum Gasteiger partial charge on any atom is -0.379 e. The number of nitrogens with one attached hydrogen (secondary N) is 1. The van der Waals surface area contributed by atoms with Crippen molar-refractivity contribution in [3.63, 3.8) is 0 Å². The highest BCUT2D eigenvalue weighted by atomic mass is 16.5. The molecule has 0 spiro atoms. The molecule has 0 saturated carbocycles. The number of carbonyl (C=O) groups is 1. The zero-order chi connectivity index (χ0) is 22.6. The van der Waals surface area contributed by atoms with Crippen LogP contribution in [0.4, 0.5) is 5.82 Å². The maximum atomic E-state index is 12.6. The first-order valence-electron chi connectivity index (χ1n) is 11.8. The quantitative estimate of drug-likeness (QED) is 0.614. The van der Waals surface area contributed by atoms with E-state index < -0.39 is 0 Å². The summed E-state index contributed by atoms with van der Waals surface area (Å²) < 4.78 is 7.19. The Morgan fingerprint density at radius 3 is 2.70 bits per heavy atom. The molecule has 0 aliphatic carbocycles. The van der Waals surface area contributed by atoms with Crippen LogP contribution in [-0.2, 0) is 9.53 Å². The van der Waals surface area contributed by atoms with Gasteiger partial charge in [-0.05, 0) is 38.0 Å². The van der Waals surface area contributed by atoms with Crippen molar-refractivity contribution in [1.29, 1.82) is 0 Å². The van der Waals surface area contributed by atoms with Gasteiger partial charge in [-0.3, -0.25) is 9.69 Å². The minimum atomic E-state index is 0.0624. The number of aromatic nitrogens is 4. The second-order valence-corrected chi connectivity index (χ2v) is 8.86. The van der Waals surface area contributed by atoms with Crippen LogP contribution in [-0.4, -0.2) is 83.1 Å². The van der Waals surface area contributed by atoms with Crippen LogP contribution in [0.2, 0.25) is 0 Å². The van der Waals surface area contributed by atoms with E-state index in [1.807, 2.05) is 28.8 Å². The zero-order valence-electron chi connectivity index (χ0n) is 19.1. The van der Waals surface area contributed by atoms with E-state index in [1.165, 1.54) is 5.56 Å². The maximum absolute atomic E-state index is 12.6. The van der Waals surface area contributed by atoms with Gasteiger partial charge in [-0.2, -0.15) is 4.52 Å². The fourth-order valence-corrected chi connectivity index (χ4v) is 4.59. The number of nitrogens with zero attached hydrogens (tertiary/aromatic N) is 6. The Morgan fingerprint density at radius 2 is 1.91 bits per heavy atom. The van der Waals surface area contributed by atoms with Crippen molar-refractivity contribution in [3.8, 4) is 11.4 Å². The average molecular weight is 450 g/mol. The summed E-state index contributed by atoms with van der Waals surface area (Å²) in [5, 5.41) is 16.6. The fourth-order valence-electron chi connectivity index (χ4n) is 4.59. The number of piperidine rings is 1. The lowest BCUT2D eigenvalue weighted by atomic mass is 9.96. The Bertz CT molecular complexity index is 1100. The molecule has 0 bridgehead atoms. The predicted octanol–water partition coefficient (Wildman–Crippen LogP) is 1.76. The summed E-state index contributed by atoms with van der Waals surface area (Å²) in [6.45, 7) is 8.74. The first-order valence-corrected chi connectivity index (χ1v) is 11.8. The molecule has 5 rings (SSSR count). The first kappa shape index (κ1) is 21.8.